The smallest absolute Gasteiger partial charge is 0.235 e. The normalized spacial score (nSPS) is 16.7. The maximum Gasteiger partial charge on any atom is 0.235 e. The second-order valence-corrected chi connectivity index (χ2v) is 6.77. The molecular weight excluding hydrogens is 346 g/mol. The van der Waals surface area contributed by atoms with Crippen LogP contribution in [-0.2, 0) is 10.3 Å². The molecule has 0 bridgehead atoms. The van der Waals surface area contributed by atoms with Gasteiger partial charge in [-0.1, -0.05) is 0 Å². The van der Waals surface area contributed by atoms with Crippen LogP contribution in [0.15, 0.2) is 30.4 Å². The highest BCUT2D eigenvalue weighted by Gasteiger charge is 2.43. The fourth-order valence-corrected chi connectivity index (χ4v) is 4.04. The fourth-order valence-electron chi connectivity index (χ4n) is 3.45. The number of hydrogen-bond donors (Lipinski definition) is 0. The van der Waals surface area contributed by atoms with Gasteiger partial charge < -0.3 is 8.83 Å². The van der Waals surface area contributed by atoms with Gasteiger partial charge in [0.25, 0.3) is 0 Å². The quantitative estimate of drug-likeness (QED) is 0.462. The van der Waals surface area contributed by atoms with Gasteiger partial charge in [-0.3, -0.25) is 0 Å². The first-order valence-electron chi connectivity index (χ1n) is 7.27. The third-order valence-corrected chi connectivity index (χ3v) is 5.34. The van der Waals surface area contributed by atoms with Crippen LogP contribution in [0.25, 0.3) is 21.9 Å². The molecule has 2 heterocycles. The molecule has 112 valence electrons. The van der Waals surface area contributed by atoms with E-state index < -0.39 is 5.54 Å². The molecule has 0 saturated heterocycles. The molecule has 0 atom stereocenters. The van der Waals surface area contributed by atoms with Gasteiger partial charge in [0.05, 0.1) is 4.47 Å². The molecule has 0 aliphatic heterocycles. The summed E-state index contributed by atoms with van der Waals surface area (Å²) >= 11 is 3.63. The topological polar surface area (TPSA) is 55.7 Å². The van der Waals surface area contributed by atoms with Crippen molar-refractivity contribution in [3.63, 3.8) is 0 Å². The lowest BCUT2D eigenvalue weighted by Gasteiger charge is -2.37. The number of rotatable bonds is 2. The SMILES string of the molecule is Cc1cc2c(C3(N=C=O)CCC3)c3oc(C)cc3c(Br)c2o1. The number of nitrogens with zero attached hydrogens (tertiary/aromatic N) is 1. The summed E-state index contributed by atoms with van der Waals surface area (Å²) in [6.45, 7) is 3.83. The van der Waals surface area contributed by atoms with Gasteiger partial charge in [0.15, 0.2) is 0 Å². The van der Waals surface area contributed by atoms with E-state index in [1.54, 1.807) is 6.08 Å². The first-order chi connectivity index (χ1) is 10.6. The van der Waals surface area contributed by atoms with E-state index in [1.807, 2.05) is 26.0 Å². The summed E-state index contributed by atoms with van der Waals surface area (Å²) in [6.07, 6.45) is 4.46. The second kappa shape index (κ2) is 4.58. The molecule has 1 aliphatic rings. The molecule has 4 nitrogen and oxygen atoms in total. The highest BCUT2D eigenvalue weighted by Crippen LogP contribution is 2.52. The summed E-state index contributed by atoms with van der Waals surface area (Å²) in [5.41, 5.74) is 2.00. The van der Waals surface area contributed by atoms with Gasteiger partial charge in [-0.25, -0.2) is 4.79 Å². The monoisotopic (exact) mass is 359 g/mol. The van der Waals surface area contributed by atoms with Crippen molar-refractivity contribution in [2.75, 3.05) is 0 Å². The molecular formula is C17H14BrNO3. The van der Waals surface area contributed by atoms with E-state index in [1.165, 1.54) is 0 Å². The molecule has 0 amide bonds. The average molecular weight is 360 g/mol. The predicted molar refractivity (Wildman–Crippen MR) is 86.8 cm³/mol. The summed E-state index contributed by atoms with van der Waals surface area (Å²) < 4.78 is 12.7. The second-order valence-electron chi connectivity index (χ2n) is 5.98. The Kier molecular flexibility index (Phi) is 2.87. The van der Waals surface area contributed by atoms with Gasteiger partial charge in [-0.2, -0.15) is 4.99 Å². The Labute approximate surface area is 135 Å². The molecule has 0 spiro atoms. The maximum atomic E-state index is 11.0. The highest BCUT2D eigenvalue weighted by molar-refractivity contribution is 9.10. The molecule has 1 aromatic carbocycles. The predicted octanol–water partition coefficient (Wildman–Crippen LogP) is 5.27. The largest absolute Gasteiger partial charge is 0.461 e. The number of furan rings is 2. The van der Waals surface area contributed by atoms with E-state index in [0.29, 0.717) is 0 Å². The first kappa shape index (κ1) is 13.8. The standard InChI is InChI=1S/C17H14BrNO3/c1-9-6-11-13(17(19-8-20)4-3-5-17)15-12(7-10(2)21-15)14(18)16(11)22-9/h6-7H,3-5H2,1-2H3. The van der Waals surface area contributed by atoms with Crippen LogP contribution in [0.1, 0.15) is 36.3 Å². The van der Waals surface area contributed by atoms with Crippen molar-refractivity contribution < 1.29 is 13.6 Å². The summed E-state index contributed by atoms with van der Waals surface area (Å²) in [5.74, 6) is 1.65. The van der Waals surface area contributed by atoms with Gasteiger partial charge in [-0.05, 0) is 61.2 Å². The molecule has 5 heteroatoms. The number of benzene rings is 1. The van der Waals surface area contributed by atoms with E-state index in [0.717, 1.165) is 62.8 Å². The molecule has 1 aliphatic carbocycles. The van der Waals surface area contributed by atoms with Gasteiger partial charge in [0, 0.05) is 16.3 Å². The van der Waals surface area contributed by atoms with E-state index in [-0.39, 0.29) is 0 Å². The molecule has 22 heavy (non-hydrogen) atoms. The first-order valence-corrected chi connectivity index (χ1v) is 8.06. The Morgan fingerprint density at radius 2 is 1.77 bits per heavy atom. The average Bonchev–Trinajstić information content (AvgIpc) is 2.99. The van der Waals surface area contributed by atoms with Crippen molar-refractivity contribution in [2.24, 2.45) is 4.99 Å². The van der Waals surface area contributed by atoms with Gasteiger partial charge in [0.2, 0.25) is 6.08 Å². The Bertz CT molecular complexity index is 898. The summed E-state index contributed by atoms with van der Waals surface area (Å²) in [7, 11) is 0. The van der Waals surface area contributed by atoms with Crippen LogP contribution in [0.4, 0.5) is 0 Å². The Morgan fingerprint density at radius 1 is 1.14 bits per heavy atom. The highest BCUT2D eigenvalue weighted by atomic mass is 79.9. The molecule has 0 unspecified atom stereocenters. The lowest BCUT2D eigenvalue weighted by molar-refractivity contribution is 0.258. The molecule has 1 fully saturated rings. The van der Waals surface area contributed by atoms with Crippen molar-refractivity contribution in [1.29, 1.82) is 0 Å². The third-order valence-electron chi connectivity index (χ3n) is 4.55. The van der Waals surface area contributed by atoms with Gasteiger partial charge in [0.1, 0.15) is 28.2 Å². The van der Waals surface area contributed by atoms with Crippen molar-refractivity contribution in [2.45, 2.75) is 38.6 Å². The number of halogens is 1. The molecule has 0 radical (unpaired) electrons. The maximum absolute atomic E-state index is 11.0. The Morgan fingerprint density at radius 3 is 2.36 bits per heavy atom. The molecule has 1 saturated carbocycles. The van der Waals surface area contributed by atoms with Crippen LogP contribution in [0.3, 0.4) is 0 Å². The minimum absolute atomic E-state index is 0.528. The number of aliphatic imine (C=N–C) groups is 1. The summed E-state index contributed by atoms with van der Waals surface area (Å²) in [4.78, 5) is 15.1. The number of hydrogen-bond acceptors (Lipinski definition) is 4. The van der Waals surface area contributed by atoms with Crippen molar-refractivity contribution in [1.82, 2.24) is 0 Å². The molecule has 3 aromatic rings. The minimum atomic E-state index is -0.528. The lowest BCUT2D eigenvalue weighted by atomic mass is 9.71. The van der Waals surface area contributed by atoms with Gasteiger partial charge in [-0.15, -0.1) is 0 Å². The molecule has 0 N–H and O–H groups in total. The zero-order chi connectivity index (χ0) is 15.5. The lowest BCUT2D eigenvalue weighted by Crippen LogP contribution is -2.32. The van der Waals surface area contributed by atoms with E-state index in [2.05, 4.69) is 20.9 Å². The number of fused-ring (bicyclic) bond motifs is 2. The molecule has 4 rings (SSSR count). The van der Waals surface area contributed by atoms with E-state index in [9.17, 15) is 4.79 Å². The Hall–Kier alpha value is -1.84. The van der Waals surface area contributed by atoms with Crippen LogP contribution in [0.5, 0.6) is 0 Å². The van der Waals surface area contributed by atoms with E-state index in [4.69, 9.17) is 8.83 Å². The minimum Gasteiger partial charge on any atom is -0.461 e. The third kappa shape index (κ3) is 1.70. The Balaban J connectivity index is 2.22. The zero-order valence-electron chi connectivity index (χ0n) is 12.3. The number of carbonyl (C=O) groups excluding carboxylic acids is 1. The fraction of sp³-hybridized carbons (Fsp3) is 0.353. The summed E-state index contributed by atoms with van der Waals surface area (Å²) in [6, 6.07) is 3.98. The molecule has 2 aromatic heterocycles. The number of isocyanates is 1. The van der Waals surface area contributed by atoms with Crippen LogP contribution in [-0.4, -0.2) is 6.08 Å². The summed E-state index contributed by atoms with van der Waals surface area (Å²) in [5, 5.41) is 1.92. The van der Waals surface area contributed by atoms with Crippen molar-refractivity contribution in [3.05, 3.63) is 33.7 Å². The number of aryl methyl sites for hydroxylation is 2. The van der Waals surface area contributed by atoms with Crippen LogP contribution in [0, 0.1) is 13.8 Å². The van der Waals surface area contributed by atoms with Crippen LogP contribution >= 0.6 is 15.9 Å². The van der Waals surface area contributed by atoms with Crippen LogP contribution in [0.2, 0.25) is 0 Å². The van der Waals surface area contributed by atoms with Crippen molar-refractivity contribution in [3.8, 4) is 0 Å². The van der Waals surface area contributed by atoms with Crippen LogP contribution < -0.4 is 0 Å². The zero-order valence-corrected chi connectivity index (χ0v) is 13.9. The van der Waals surface area contributed by atoms with Gasteiger partial charge >= 0.3 is 0 Å². The van der Waals surface area contributed by atoms with E-state index >= 15 is 0 Å². The van der Waals surface area contributed by atoms with Crippen molar-refractivity contribution >= 4 is 43.9 Å².